The number of rotatable bonds is 8. The molecule has 0 aliphatic carbocycles. The smallest absolute Gasteiger partial charge is 0.276 e. The van der Waals surface area contributed by atoms with Crippen molar-refractivity contribution in [1.82, 2.24) is 24.8 Å². The highest BCUT2D eigenvalue weighted by atomic mass is 32.1. The molecular formula is C24H21N5O2S. The number of nitrogens with zero attached hydrogens (tertiary/aromatic N) is 4. The Bertz CT molecular complexity index is 1140. The number of benzene rings is 2. The lowest BCUT2D eigenvalue weighted by atomic mass is 10.0. The third-order valence-corrected chi connectivity index (χ3v) is 5.43. The average Bonchev–Trinajstić information content (AvgIpc) is 3.39. The number of pyridine rings is 1. The van der Waals surface area contributed by atoms with Gasteiger partial charge in [0.05, 0.1) is 0 Å². The van der Waals surface area contributed by atoms with Gasteiger partial charge in [0.25, 0.3) is 5.91 Å². The first kappa shape index (κ1) is 21.3. The van der Waals surface area contributed by atoms with Crippen molar-refractivity contribution < 1.29 is 9.59 Å². The molecule has 4 rings (SSSR count). The summed E-state index contributed by atoms with van der Waals surface area (Å²) in [6.45, 7) is 0.593. The van der Waals surface area contributed by atoms with Crippen molar-refractivity contribution in [3.05, 3.63) is 113 Å². The Morgan fingerprint density at radius 2 is 1.56 bits per heavy atom. The lowest BCUT2D eigenvalue weighted by Gasteiger charge is -2.31. The van der Waals surface area contributed by atoms with E-state index in [1.807, 2.05) is 60.7 Å². The lowest BCUT2D eigenvalue weighted by Crippen LogP contribution is -2.43. The summed E-state index contributed by atoms with van der Waals surface area (Å²) in [5.41, 5.74) is 2.75. The average molecular weight is 444 g/mol. The third-order valence-electron chi connectivity index (χ3n) is 4.93. The molecule has 32 heavy (non-hydrogen) atoms. The summed E-state index contributed by atoms with van der Waals surface area (Å²) in [5.74, 6) is -0.646. The van der Waals surface area contributed by atoms with Gasteiger partial charge >= 0.3 is 0 Å². The molecule has 1 unspecified atom stereocenters. The van der Waals surface area contributed by atoms with Gasteiger partial charge in [-0.1, -0.05) is 65.2 Å². The summed E-state index contributed by atoms with van der Waals surface area (Å²) in [5, 5.41) is 8.51. The standard InChI is InChI=1S/C24H21N5O2S/c30-23(26-15-18-7-3-1-4-8-18)22(20-11-13-25-14-12-20)29(16-19-9-5-2-6-10-19)24(31)21-17-32-28-27-21/h1-14,17,22H,15-16H2,(H,26,30). The van der Waals surface area contributed by atoms with Crippen molar-refractivity contribution in [2.24, 2.45) is 0 Å². The van der Waals surface area contributed by atoms with Crippen LogP contribution in [0.4, 0.5) is 0 Å². The summed E-state index contributed by atoms with van der Waals surface area (Å²) >= 11 is 1.10. The molecule has 0 spiro atoms. The molecule has 1 atom stereocenters. The molecule has 4 aromatic rings. The zero-order valence-electron chi connectivity index (χ0n) is 17.2. The number of hydrogen-bond donors (Lipinski definition) is 1. The van der Waals surface area contributed by atoms with E-state index in [1.165, 1.54) is 4.90 Å². The highest BCUT2D eigenvalue weighted by Crippen LogP contribution is 2.25. The zero-order valence-corrected chi connectivity index (χ0v) is 18.0. The van der Waals surface area contributed by atoms with Crippen LogP contribution in [0.25, 0.3) is 0 Å². The van der Waals surface area contributed by atoms with Crippen LogP contribution in [0.15, 0.2) is 90.6 Å². The van der Waals surface area contributed by atoms with Crippen molar-refractivity contribution >= 4 is 23.3 Å². The van der Waals surface area contributed by atoms with Crippen LogP contribution in [0.3, 0.4) is 0 Å². The van der Waals surface area contributed by atoms with E-state index in [0.717, 1.165) is 22.7 Å². The molecule has 7 nitrogen and oxygen atoms in total. The summed E-state index contributed by atoms with van der Waals surface area (Å²) in [6.07, 6.45) is 3.23. The van der Waals surface area contributed by atoms with Crippen molar-refractivity contribution in [1.29, 1.82) is 0 Å². The topological polar surface area (TPSA) is 88.1 Å². The molecule has 0 saturated carbocycles. The first-order chi connectivity index (χ1) is 15.7. The van der Waals surface area contributed by atoms with Crippen molar-refractivity contribution in [3.8, 4) is 0 Å². The quantitative estimate of drug-likeness (QED) is 0.449. The lowest BCUT2D eigenvalue weighted by molar-refractivity contribution is -0.126. The van der Waals surface area contributed by atoms with Crippen molar-refractivity contribution in [3.63, 3.8) is 0 Å². The number of nitrogens with one attached hydrogen (secondary N) is 1. The Hall–Kier alpha value is -3.91. The van der Waals surface area contributed by atoms with Gasteiger partial charge in [0.15, 0.2) is 5.69 Å². The normalized spacial score (nSPS) is 11.5. The Balaban J connectivity index is 1.68. The largest absolute Gasteiger partial charge is 0.350 e. The molecule has 8 heteroatoms. The molecule has 0 fully saturated rings. The van der Waals surface area contributed by atoms with Gasteiger partial charge in [-0.15, -0.1) is 5.10 Å². The minimum absolute atomic E-state index is 0.209. The number of carbonyl (C=O) groups excluding carboxylic acids is 2. The summed E-state index contributed by atoms with van der Waals surface area (Å²) in [6, 6.07) is 21.8. The fourth-order valence-electron chi connectivity index (χ4n) is 3.37. The molecule has 2 heterocycles. The maximum Gasteiger partial charge on any atom is 0.276 e. The molecule has 160 valence electrons. The molecule has 0 bridgehead atoms. The molecule has 2 aromatic heterocycles. The van der Waals surface area contributed by atoms with Crippen molar-refractivity contribution in [2.75, 3.05) is 0 Å². The maximum atomic E-state index is 13.5. The van der Waals surface area contributed by atoms with Gasteiger partial charge < -0.3 is 10.2 Å². The maximum absolute atomic E-state index is 13.5. The highest BCUT2D eigenvalue weighted by Gasteiger charge is 2.33. The first-order valence-corrected chi connectivity index (χ1v) is 10.9. The number of hydrogen-bond acceptors (Lipinski definition) is 6. The van der Waals surface area contributed by atoms with Crippen LogP contribution in [-0.4, -0.2) is 31.3 Å². The van der Waals surface area contributed by atoms with Crippen LogP contribution in [-0.2, 0) is 17.9 Å². The fraction of sp³-hybridized carbons (Fsp3) is 0.125. The second-order valence-corrected chi connectivity index (χ2v) is 7.71. The minimum Gasteiger partial charge on any atom is -0.350 e. The summed E-state index contributed by atoms with van der Waals surface area (Å²) in [7, 11) is 0. The van der Waals surface area contributed by atoms with Crippen molar-refractivity contribution in [2.45, 2.75) is 19.1 Å². The zero-order chi connectivity index (χ0) is 22.2. The van der Waals surface area contributed by atoms with Crippen LogP contribution in [0.5, 0.6) is 0 Å². The van der Waals surface area contributed by atoms with Crippen LogP contribution in [0.2, 0.25) is 0 Å². The first-order valence-electron chi connectivity index (χ1n) is 10.1. The monoisotopic (exact) mass is 443 g/mol. The van der Waals surface area contributed by atoms with Crippen LogP contribution >= 0.6 is 11.5 Å². The van der Waals surface area contributed by atoms with E-state index in [1.54, 1.807) is 29.9 Å². The van der Waals surface area contributed by atoms with E-state index in [2.05, 4.69) is 19.9 Å². The van der Waals surface area contributed by atoms with Gasteiger partial charge in [-0.05, 0) is 40.4 Å². The molecule has 0 saturated heterocycles. The van der Waals surface area contributed by atoms with Crippen LogP contribution in [0, 0.1) is 0 Å². The highest BCUT2D eigenvalue weighted by molar-refractivity contribution is 7.03. The number of carbonyl (C=O) groups is 2. The molecule has 0 radical (unpaired) electrons. The second-order valence-electron chi connectivity index (χ2n) is 7.10. The Morgan fingerprint density at radius 3 is 2.19 bits per heavy atom. The predicted molar refractivity (Wildman–Crippen MR) is 121 cm³/mol. The number of amides is 2. The van der Waals surface area contributed by atoms with Gasteiger partial charge in [-0.3, -0.25) is 14.6 Å². The van der Waals surface area contributed by atoms with Gasteiger partial charge in [0, 0.05) is 30.9 Å². The molecule has 2 aromatic carbocycles. The van der Waals surface area contributed by atoms with Gasteiger partial charge in [0.1, 0.15) is 6.04 Å². The Labute approximate surface area is 189 Å². The van der Waals surface area contributed by atoms with Crippen LogP contribution in [0.1, 0.15) is 33.2 Å². The van der Waals surface area contributed by atoms with E-state index in [9.17, 15) is 9.59 Å². The molecule has 0 aliphatic heterocycles. The van der Waals surface area contributed by atoms with E-state index < -0.39 is 6.04 Å². The van der Waals surface area contributed by atoms with Gasteiger partial charge in [-0.25, -0.2) is 0 Å². The van der Waals surface area contributed by atoms with Gasteiger partial charge in [0.2, 0.25) is 5.91 Å². The predicted octanol–water partition coefficient (Wildman–Crippen LogP) is 3.63. The van der Waals surface area contributed by atoms with Crippen LogP contribution < -0.4 is 5.32 Å². The molecule has 1 N–H and O–H groups in total. The Kier molecular flexibility index (Phi) is 6.94. The fourth-order valence-corrected chi connectivity index (χ4v) is 3.80. The summed E-state index contributed by atoms with van der Waals surface area (Å²) in [4.78, 5) is 32.5. The number of aromatic nitrogens is 3. The Morgan fingerprint density at radius 1 is 0.906 bits per heavy atom. The third kappa shape index (κ3) is 5.22. The van der Waals surface area contributed by atoms with E-state index in [4.69, 9.17) is 0 Å². The second kappa shape index (κ2) is 10.4. The van der Waals surface area contributed by atoms with E-state index >= 15 is 0 Å². The molecule has 2 amide bonds. The summed E-state index contributed by atoms with van der Waals surface area (Å²) < 4.78 is 3.82. The van der Waals surface area contributed by atoms with E-state index in [0.29, 0.717) is 12.1 Å². The van der Waals surface area contributed by atoms with E-state index in [-0.39, 0.29) is 24.1 Å². The minimum atomic E-state index is -0.865. The SMILES string of the molecule is O=C(NCc1ccccc1)C(c1ccncc1)N(Cc1ccccc1)C(=O)c1csnn1. The van der Waals surface area contributed by atoms with Gasteiger partial charge in [-0.2, -0.15) is 0 Å². The molecular weight excluding hydrogens is 422 g/mol. The molecule has 0 aliphatic rings.